The summed E-state index contributed by atoms with van der Waals surface area (Å²) in [6.45, 7) is 2.64. The summed E-state index contributed by atoms with van der Waals surface area (Å²) in [5.74, 6) is -0.295. The molecule has 2 aromatic rings. The number of carbonyl (C=O) groups is 2. The zero-order valence-electron chi connectivity index (χ0n) is 15.0. The van der Waals surface area contributed by atoms with E-state index < -0.39 is 0 Å². The Morgan fingerprint density at radius 3 is 2.44 bits per heavy atom. The van der Waals surface area contributed by atoms with Gasteiger partial charge in [-0.1, -0.05) is 30.3 Å². The zero-order chi connectivity index (χ0) is 18.2. The summed E-state index contributed by atoms with van der Waals surface area (Å²) in [6.07, 6.45) is 0.219. The monoisotopic (exact) mass is 339 g/mol. The molecular formula is C20H25N3O2. The first-order valence-corrected chi connectivity index (χ1v) is 8.33. The van der Waals surface area contributed by atoms with Crippen LogP contribution in [0.2, 0.25) is 0 Å². The molecule has 0 fully saturated rings. The molecule has 0 saturated heterocycles. The number of amides is 2. The quantitative estimate of drug-likeness (QED) is 0.815. The summed E-state index contributed by atoms with van der Waals surface area (Å²) in [5, 5.41) is 5.73. The minimum absolute atomic E-state index is 0.122. The molecule has 0 aliphatic heterocycles. The predicted octanol–water partition coefficient (Wildman–Crippen LogP) is 2.90. The van der Waals surface area contributed by atoms with Crippen LogP contribution in [0.25, 0.3) is 0 Å². The van der Waals surface area contributed by atoms with Crippen LogP contribution in [0.5, 0.6) is 0 Å². The molecule has 2 amide bonds. The highest BCUT2D eigenvalue weighted by Crippen LogP contribution is 2.12. The third-order valence-electron chi connectivity index (χ3n) is 3.61. The number of nitrogens with one attached hydrogen (secondary N) is 2. The highest BCUT2D eigenvalue weighted by atomic mass is 16.2. The lowest BCUT2D eigenvalue weighted by Crippen LogP contribution is -2.35. The van der Waals surface area contributed by atoms with Gasteiger partial charge in [0.15, 0.2) is 0 Å². The molecule has 1 atom stereocenters. The zero-order valence-corrected chi connectivity index (χ0v) is 15.0. The van der Waals surface area contributed by atoms with Crippen molar-refractivity contribution >= 4 is 17.5 Å². The van der Waals surface area contributed by atoms with Crippen molar-refractivity contribution in [2.75, 3.05) is 19.4 Å². The highest BCUT2D eigenvalue weighted by molar-refractivity contribution is 5.95. The summed E-state index contributed by atoms with van der Waals surface area (Å²) >= 11 is 0. The van der Waals surface area contributed by atoms with Gasteiger partial charge in [-0.3, -0.25) is 9.59 Å². The van der Waals surface area contributed by atoms with Crippen LogP contribution in [0.15, 0.2) is 54.6 Å². The number of nitrogens with zero attached hydrogens (tertiary/aromatic N) is 1. The average Bonchev–Trinajstić information content (AvgIpc) is 2.55. The van der Waals surface area contributed by atoms with Crippen molar-refractivity contribution < 1.29 is 9.59 Å². The van der Waals surface area contributed by atoms with Gasteiger partial charge in [0.25, 0.3) is 5.91 Å². The molecule has 1 unspecified atom stereocenters. The highest BCUT2D eigenvalue weighted by Gasteiger charge is 2.13. The van der Waals surface area contributed by atoms with Crippen molar-refractivity contribution in [3.05, 3.63) is 65.7 Å². The summed E-state index contributed by atoms with van der Waals surface area (Å²) < 4.78 is 0. The molecule has 0 radical (unpaired) electrons. The normalized spacial score (nSPS) is 11.8. The van der Waals surface area contributed by atoms with E-state index in [9.17, 15) is 9.59 Å². The van der Waals surface area contributed by atoms with E-state index in [0.29, 0.717) is 5.56 Å². The minimum Gasteiger partial charge on any atom is -0.349 e. The summed E-state index contributed by atoms with van der Waals surface area (Å²) in [5.41, 5.74) is 2.49. The Balaban J connectivity index is 1.86. The van der Waals surface area contributed by atoms with E-state index in [-0.39, 0.29) is 24.3 Å². The first-order chi connectivity index (χ1) is 11.9. The standard InChI is InChI=1S/C20H25N3O2/c1-15(21-20(25)17-9-5-4-6-10-17)12-19(24)22-18-11-7-8-16(13-18)14-23(2)3/h4-11,13,15H,12,14H2,1-3H3,(H,21,25)(H,22,24). The lowest BCUT2D eigenvalue weighted by atomic mass is 10.1. The van der Waals surface area contributed by atoms with E-state index in [0.717, 1.165) is 17.8 Å². The summed E-state index contributed by atoms with van der Waals surface area (Å²) in [7, 11) is 4.00. The van der Waals surface area contributed by atoms with Crippen LogP contribution >= 0.6 is 0 Å². The Kier molecular flexibility index (Phi) is 6.71. The average molecular weight is 339 g/mol. The molecule has 0 aliphatic carbocycles. The number of rotatable bonds is 7. The number of anilines is 1. The molecule has 5 nitrogen and oxygen atoms in total. The fourth-order valence-electron chi connectivity index (χ4n) is 2.55. The van der Waals surface area contributed by atoms with Gasteiger partial charge >= 0.3 is 0 Å². The summed E-state index contributed by atoms with van der Waals surface area (Å²) in [6, 6.07) is 16.5. The lowest BCUT2D eigenvalue weighted by molar-refractivity contribution is -0.116. The van der Waals surface area contributed by atoms with Crippen molar-refractivity contribution in [1.82, 2.24) is 10.2 Å². The van der Waals surface area contributed by atoms with E-state index in [1.165, 1.54) is 0 Å². The minimum atomic E-state index is -0.252. The molecule has 0 spiro atoms. The number of hydrogen-bond acceptors (Lipinski definition) is 3. The van der Waals surface area contributed by atoms with Crippen molar-refractivity contribution in [2.45, 2.75) is 25.9 Å². The van der Waals surface area contributed by atoms with E-state index >= 15 is 0 Å². The molecule has 2 N–H and O–H groups in total. The Labute approximate surface area is 149 Å². The molecule has 0 heterocycles. The maximum atomic E-state index is 12.2. The van der Waals surface area contributed by atoms with Gasteiger partial charge in [0, 0.05) is 30.3 Å². The van der Waals surface area contributed by atoms with Crippen molar-refractivity contribution in [2.24, 2.45) is 0 Å². The predicted molar refractivity (Wildman–Crippen MR) is 100 cm³/mol. The lowest BCUT2D eigenvalue weighted by Gasteiger charge is -2.15. The first-order valence-electron chi connectivity index (χ1n) is 8.33. The van der Waals surface area contributed by atoms with Gasteiger partial charge in [-0.25, -0.2) is 0 Å². The van der Waals surface area contributed by atoms with Crippen LogP contribution in [0.4, 0.5) is 5.69 Å². The van der Waals surface area contributed by atoms with Crippen molar-refractivity contribution in [1.29, 1.82) is 0 Å². The largest absolute Gasteiger partial charge is 0.349 e. The van der Waals surface area contributed by atoms with E-state index in [1.807, 2.05) is 63.5 Å². The van der Waals surface area contributed by atoms with Crippen LogP contribution in [-0.2, 0) is 11.3 Å². The fourth-order valence-corrected chi connectivity index (χ4v) is 2.55. The topological polar surface area (TPSA) is 61.4 Å². The van der Waals surface area contributed by atoms with Crippen LogP contribution in [-0.4, -0.2) is 36.9 Å². The fraction of sp³-hybridized carbons (Fsp3) is 0.300. The maximum Gasteiger partial charge on any atom is 0.251 e. The number of benzene rings is 2. The summed E-state index contributed by atoms with van der Waals surface area (Å²) in [4.78, 5) is 26.4. The Morgan fingerprint density at radius 1 is 1.04 bits per heavy atom. The van der Waals surface area contributed by atoms with Crippen LogP contribution in [0.3, 0.4) is 0 Å². The third kappa shape index (κ3) is 6.39. The second-order valence-electron chi connectivity index (χ2n) is 6.43. The molecule has 25 heavy (non-hydrogen) atoms. The van der Waals surface area contributed by atoms with Gasteiger partial charge < -0.3 is 15.5 Å². The smallest absolute Gasteiger partial charge is 0.251 e. The molecule has 132 valence electrons. The van der Waals surface area contributed by atoms with Crippen LogP contribution in [0.1, 0.15) is 29.3 Å². The molecule has 2 aromatic carbocycles. The number of hydrogen-bond donors (Lipinski definition) is 2. The van der Waals surface area contributed by atoms with Crippen molar-refractivity contribution in [3.8, 4) is 0 Å². The van der Waals surface area contributed by atoms with Crippen LogP contribution < -0.4 is 10.6 Å². The SMILES string of the molecule is CC(CC(=O)Nc1cccc(CN(C)C)c1)NC(=O)c1ccccc1. The second-order valence-corrected chi connectivity index (χ2v) is 6.43. The van der Waals surface area contributed by atoms with E-state index in [2.05, 4.69) is 15.5 Å². The van der Waals surface area contributed by atoms with Gasteiger partial charge in [0.1, 0.15) is 0 Å². The van der Waals surface area contributed by atoms with E-state index in [1.54, 1.807) is 12.1 Å². The van der Waals surface area contributed by atoms with Gasteiger partial charge in [-0.2, -0.15) is 0 Å². The number of carbonyl (C=O) groups excluding carboxylic acids is 2. The van der Waals surface area contributed by atoms with Gasteiger partial charge in [0.05, 0.1) is 0 Å². The second kappa shape index (κ2) is 8.99. The first kappa shape index (κ1) is 18.7. The Hall–Kier alpha value is -2.66. The molecule has 0 aromatic heterocycles. The molecule has 2 rings (SSSR count). The molecular weight excluding hydrogens is 314 g/mol. The van der Waals surface area contributed by atoms with Crippen molar-refractivity contribution in [3.63, 3.8) is 0 Å². The Bertz CT molecular complexity index is 714. The molecule has 0 saturated carbocycles. The Morgan fingerprint density at radius 2 is 1.76 bits per heavy atom. The van der Waals surface area contributed by atoms with Crippen LogP contribution in [0, 0.1) is 0 Å². The van der Waals surface area contributed by atoms with E-state index in [4.69, 9.17) is 0 Å². The molecule has 0 aliphatic rings. The molecule has 0 bridgehead atoms. The molecule has 5 heteroatoms. The third-order valence-corrected chi connectivity index (χ3v) is 3.61. The maximum absolute atomic E-state index is 12.2. The van der Waals surface area contributed by atoms with Gasteiger partial charge in [0.2, 0.25) is 5.91 Å². The van der Waals surface area contributed by atoms with Gasteiger partial charge in [-0.15, -0.1) is 0 Å². The van der Waals surface area contributed by atoms with Gasteiger partial charge in [-0.05, 0) is 50.8 Å².